The third-order valence-corrected chi connectivity index (χ3v) is 3.61. The van der Waals surface area contributed by atoms with Crippen molar-refractivity contribution in [3.8, 4) is 5.75 Å². The fourth-order valence-electron chi connectivity index (χ4n) is 2.16. The van der Waals surface area contributed by atoms with Crippen molar-refractivity contribution in [1.82, 2.24) is 0 Å². The van der Waals surface area contributed by atoms with Gasteiger partial charge >= 0.3 is 0 Å². The number of ether oxygens (including phenoxy) is 1. The molecule has 0 heterocycles. The summed E-state index contributed by atoms with van der Waals surface area (Å²) in [5.41, 5.74) is 2.41. The summed E-state index contributed by atoms with van der Waals surface area (Å²) in [5.74, 6) is 0.245. The highest BCUT2D eigenvalue weighted by Crippen LogP contribution is 2.17. The SMILES string of the molecule is CCc1cccc(OCC(=O)Nc2cccc(NC(=O)C(C)C)c2)c1. The molecule has 5 nitrogen and oxygen atoms in total. The van der Waals surface area contributed by atoms with Crippen molar-refractivity contribution < 1.29 is 14.3 Å². The van der Waals surface area contributed by atoms with Crippen molar-refractivity contribution in [3.63, 3.8) is 0 Å². The molecular weight excluding hydrogens is 316 g/mol. The number of hydrogen-bond acceptors (Lipinski definition) is 3. The van der Waals surface area contributed by atoms with Crippen LogP contribution in [0.25, 0.3) is 0 Å². The van der Waals surface area contributed by atoms with Gasteiger partial charge < -0.3 is 15.4 Å². The van der Waals surface area contributed by atoms with Gasteiger partial charge in [-0.2, -0.15) is 0 Å². The zero-order valence-corrected chi connectivity index (χ0v) is 14.8. The van der Waals surface area contributed by atoms with E-state index in [1.165, 1.54) is 0 Å². The molecule has 2 N–H and O–H groups in total. The van der Waals surface area contributed by atoms with E-state index in [-0.39, 0.29) is 24.3 Å². The number of carbonyl (C=O) groups is 2. The van der Waals surface area contributed by atoms with E-state index >= 15 is 0 Å². The Bertz CT molecular complexity index is 741. The Balaban J connectivity index is 1.90. The fourth-order valence-corrected chi connectivity index (χ4v) is 2.16. The lowest BCUT2D eigenvalue weighted by atomic mass is 10.2. The quantitative estimate of drug-likeness (QED) is 0.804. The van der Waals surface area contributed by atoms with E-state index in [4.69, 9.17) is 4.74 Å². The first kappa shape index (κ1) is 18.5. The summed E-state index contributed by atoms with van der Waals surface area (Å²) in [4.78, 5) is 23.8. The second kappa shape index (κ2) is 8.87. The van der Waals surface area contributed by atoms with Crippen molar-refractivity contribution in [1.29, 1.82) is 0 Å². The molecule has 132 valence electrons. The second-order valence-corrected chi connectivity index (χ2v) is 6.06. The van der Waals surface area contributed by atoms with Crippen molar-refractivity contribution in [2.24, 2.45) is 5.92 Å². The summed E-state index contributed by atoms with van der Waals surface area (Å²) in [6.07, 6.45) is 0.915. The minimum Gasteiger partial charge on any atom is -0.484 e. The van der Waals surface area contributed by atoms with E-state index in [2.05, 4.69) is 17.6 Å². The first-order valence-electron chi connectivity index (χ1n) is 8.40. The number of benzene rings is 2. The second-order valence-electron chi connectivity index (χ2n) is 6.06. The number of amides is 2. The minimum absolute atomic E-state index is 0.0670. The normalized spacial score (nSPS) is 10.4. The van der Waals surface area contributed by atoms with Crippen LogP contribution in [0.3, 0.4) is 0 Å². The molecule has 0 aliphatic rings. The van der Waals surface area contributed by atoms with Gasteiger partial charge in [0.1, 0.15) is 5.75 Å². The Morgan fingerprint density at radius 2 is 1.68 bits per heavy atom. The number of aryl methyl sites for hydroxylation is 1. The summed E-state index contributed by atoms with van der Waals surface area (Å²) in [6.45, 7) is 5.64. The van der Waals surface area contributed by atoms with Gasteiger partial charge in [-0.05, 0) is 42.3 Å². The Morgan fingerprint density at radius 1 is 1.00 bits per heavy atom. The molecule has 0 fully saturated rings. The lowest BCUT2D eigenvalue weighted by molar-refractivity contribution is -0.119. The molecule has 0 aromatic heterocycles. The van der Waals surface area contributed by atoms with Crippen LogP contribution in [-0.2, 0) is 16.0 Å². The topological polar surface area (TPSA) is 67.4 Å². The molecule has 2 aromatic carbocycles. The highest BCUT2D eigenvalue weighted by molar-refractivity contribution is 5.95. The highest BCUT2D eigenvalue weighted by atomic mass is 16.5. The molecule has 0 saturated heterocycles. The van der Waals surface area contributed by atoms with E-state index < -0.39 is 0 Å². The van der Waals surface area contributed by atoms with Crippen molar-refractivity contribution >= 4 is 23.2 Å². The zero-order chi connectivity index (χ0) is 18.2. The van der Waals surface area contributed by atoms with E-state index in [0.717, 1.165) is 12.0 Å². The Morgan fingerprint density at radius 3 is 2.36 bits per heavy atom. The summed E-state index contributed by atoms with van der Waals surface area (Å²) < 4.78 is 5.53. The molecule has 0 spiro atoms. The van der Waals surface area contributed by atoms with Crippen LogP contribution in [0.5, 0.6) is 5.75 Å². The minimum atomic E-state index is -0.255. The van der Waals surface area contributed by atoms with Crippen molar-refractivity contribution in [2.45, 2.75) is 27.2 Å². The van der Waals surface area contributed by atoms with E-state index in [1.54, 1.807) is 24.3 Å². The molecule has 0 bridgehead atoms. The number of carbonyl (C=O) groups excluding carboxylic acids is 2. The molecule has 25 heavy (non-hydrogen) atoms. The molecule has 2 aromatic rings. The Hall–Kier alpha value is -2.82. The maximum atomic E-state index is 12.1. The van der Waals surface area contributed by atoms with E-state index in [9.17, 15) is 9.59 Å². The highest BCUT2D eigenvalue weighted by Gasteiger charge is 2.08. The Labute approximate surface area is 148 Å². The lowest BCUT2D eigenvalue weighted by Crippen LogP contribution is -2.21. The molecule has 5 heteroatoms. The maximum Gasteiger partial charge on any atom is 0.262 e. The monoisotopic (exact) mass is 340 g/mol. The summed E-state index contributed by atoms with van der Waals surface area (Å²) >= 11 is 0. The van der Waals surface area contributed by atoms with Crippen molar-refractivity contribution in [2.75, 3.05) is 17.2 Å². The van der Waals surface area contributed by atoms with Crippen LogP contribution in [0.2, 0.25) is 0 Å². The molecule has 0 radical (unpaired) electrons. The third kappa shape index (κ3) is 5.95. The third-order valence-electron chi connectivity index (χ3n) is 3.61. The molecular formula is C20H24N2O3. The van der Waals surface area contributed by atoms with E-state index in [0.29, 0.717) is 17.1 Å². The van der Waals surface area contributed by atoms with Gasteiger partial charge in [0, 0.05) is 17.3 Å². The average molecular weight is 340 g/mol. The van der Waals surface area contributed by atoms with Crippen LogP contribution < -0.4 is 15.4 Å². The van der Waals surface area contributed by atoms with Gasteiger partial charge in [-0.3, -0.25) is 9.59 Å². The molecule has 0 unspecified atom stereocenters. The molecule has 0 aliphatic heterocycles. The molecule has 0 saturated carbocycles. The zero-order valence-electron chi connectivity index (χ0n) is 14.8. The number of anilines is 2. The van der Waals surface area contributed by atoms with Gasteiger partial charge in [0.05, 0.1) is 0 Å². The van der Waals surface area contributed by atoms with Gasteiger partial charge in [-0.1, -0.05) is 39.0 Å². The smallest absolute Gasteiger partial charge is 0.262 e. The maximum absolute atomic E-state index is 12.1. The number of nitrogens with one attached hydrogen (secondary N) is 2. The van der Waals surface area contributed by atoms with Crippen LogP contribution in [0.4, 0.5) is 11.4 Å². The molecule has 0 aliphatic carbocycles. The van der Waals surface area contributed by atoms with Gasteiger partial charge in [0.2, 0.25) is 5.91 Å². The summed E-state index contributed by atoms with van der Waals surface area (Å²) in [7, 11) is 0. The molecule has 2 amide bonds. The summed E-state index contributed by atoms with van der Waals surface area (Å²) in [5, 5.41) is 5.57. The van der Waals surface area contributed by atoms with Crippen LogP contribution in [0.1, 0.15) is 26.3 Å². The van der Waals surface area contributed by atoms with Crippen molar-refractivity contribution in [3.05, 3.63) is 54.1 Å². The number of hydrogen-bond donors (Lipinski definition) is 2. The Kier molecular flexibility index (Phi) is 6.57. The average Bonchev–Trinajstić information content (AvgIpc) is 2.60. The van der Waals surface area contributed by atoms with Crippen LogP contribution in [0, 0.1) is 5.92 Å². The van der Waals surface area contributed by atoms with Gasteiger partial charge in [0.25, 0.3) is 5.91 Å². The van der Waals surface area contributed by atoms with Crippen LogP contribution >= 0.6 is 0 Å². The first-order chi connectivity index (χ1) is 12.0. The predicted molar refractivity (Wildman–Crippen MR) is 99.9 cm³/mol. The predicted octanol–water partition coefficient (Wildman–Crippen LogP) is 3.86. The lowest BCUT2D eigenvalue weighted by Gasteiger charge is -2.11. The van der Waals surface area contributed by atoms with E-state index in [1.807, 2.05) is 38.1 Å². The standard InChI is InChI=1S/C20H24N2O3/c1-4-15-7-5-10-18(11-15)25-13-19(23)21-16-8-6-9-17(12-16)22-20(24)14(2)3/h5-12,14H,4,13H2,1-3H3,(H,21,23)(H,22,24). The molecule has 0 atom stereocenters. The van der Waals surface area contributed by atoms with Gasteiger partial charge in [-0.25, -0.2) is 0 Å². The van der Waals surface area contributed by atoms with Gasteiger partial charge in [-0.15, -0.1) is 0 Å². The largest absolute Gasteiger partial charge is 0.484 e. The molecule has 2 rings (SSSR count). The van der Waals surface area contributed by atoms with Gasteiger partial charge in [0.15, 0.2) is 6.61 Å². The first-order valence-corrected chi connectivity index (χ1v) is 8.40. The van der Waals surface area contributed by atoms with Crippen LogP contribution in [-0.4, -0.2) is 18.4 Å². The number of rotatable bonds is 7. The summed E-state index contributed by atoms with van der Waals surface area (Å²) in [6, 6.07) is 14.7. The van der Waals surface area contributed by atoms with Crippen LogP contribution in [0.15, 0.2) is 48.5 Å². The fraction of sp³-hybridized carbons (Fsp3) is 0.300.